The minimum absolute atomic E-state index is 0.0689. The fourth-order valence-electron chi connectivity index (χ4n) is 3.66. The first-order valence-electron chi connectivity index (χ1n) is 13.2. The summed E-state index contributed by atoms with van der Waals surface area (Å²) in [6.07, 6.45) is 1.71. The Morgan fingerprint density at radius 1 is 0.800 bits per heavy atom. The van der Waals surface area contributed by atoms with Crippen LogP contribution in [-0.2, 0) is 19.6 Å². The van der Waals surface area contributed by atoms with Crippen LogP contribution in [0.2, 0.25) is 0 Å². The Morgan fingerprint density at radius 3 is 2.08 bits per heavy atom. The molecule has 0 aliphatic heterocycles. The third kappa shape index (κ3) is 11.0. The summed E-state index contributed by atoms with van der Waals surface area (Å²) in [6, 6.07) is 23.9. The molecule has 0 unspecified atom stereocenters. The second-order valence-corrected chi connectivity index (χ2v) is 13.0. The summed E-state index contributed by atoms with van der Waals surface area (Å²) in [4.78, 5) is 25.2. The number of carbonyl (C=O) groups excluding carboxylic acids is 2. The van der Waals surface area contributed by atoms with E-state index in [0.29, 0.717) is 25.2 Å². The Labute approximate surface area is 241 Å². The van der Waals surface area contributed by atoms with Gasteiger partial charge in [-0.05, 0) is 81.1 Å². The van der Waals surface area contributed by atoms with E-state index in [2.05, 4.69) is 15.4 Å². The van der Waals surface area contributed by atoms with E-state index < -0.39 is 21.7 Å². The normalized spacial score (nSPS) is 11.6. The van der Waals surface area contributed by atoms with Crippen molar-refractivity contribution in [2.75, 3.05) is 24.2 Å². The molecule has 40 heavy (non-hydrogen) atoms. The van der Waals surface area contributed by atoms with Gasteiger partial charge in [-0.25, -0.2) is 17.9 Å². The molecule has 0 aliphatic carbocycles. The number of anilines is 1. The minimum Gasteiger partial charge on any atom is -0.444 e. The molecule has 0 fully saturated rings. The average molecular weight is 584 g/mol. The second-order valence-electron chi connectivity index (χ2n) is 10.1. The number of hydrogen-bond acceptors (Lipinski definition) is 6. The van der Waals surface area contributed by atoms with Crippen molar-refractivity contribution in [3.63, 3.8) is 0 Å². The fourth-order valence-corrected chi connectivity index (χ4v) is 5.46. The largest absolute Gasteiger partial charge is 0.444 e. The van der Waals surface area contributed by atoms with Gasteiger partial charge in [0, 0.05) is 23.7 Å². The standard InChI is InChI=1S/C30H37N3O5S2/c1-30(2,3)38-29(35)33-25-14-16-26(17-15-25)39-22-28(34)31-20-8-5-9-21-32-40(36,37)27-18-12-24(13-19-27)23-10-6-4-7-11-23/h4,6-7,10-19,32H,5,8-9,20-22H2,1-3H3,(H,31,34)(H,33,35). The van der Waals surface area contributed by atoms with Crippen molar-refractivity contribution >= 4 is 39.5 Å². The zero-order valence-electron chi connectivity index (χ0n) is 23.1. The first-order valence-corrected chi connectivity index (χ1v) is 15.6. The molecule has 0 spiro atoms. The molecule has 3 aromatic rings. The van der Waals surface area contributed by atoms with Gasteiger partial charge < -0.3 is 10.1 Å². The molecule has 214 valence electrons. The van der Waals surface area contributed by atoms with Gasteiger partial charge in [-0.3, -0.25) is 10.1 Å². The lowest BCUT2D eigenvalue weighted by Crippen LogP contribution is -2.27. The molecule has 0 radical (unpaired) electrons. The molecule has 3 N–H and O–H groups in total. The summed E-state index contributed by atoms with van der Waals surface area (Å²) in [5, 5.41) is 5.57. The van der Waals surface area contributed by atoms with Gasteiger partial charge in [-0.2, -0.15) is 0 Å². The number of benzene rings is 3. The maximum atomic E-state index is 12.6. The molecular formula is C30H37N3O5S2. The van der Waals surface area contributed by atoms with E-state index in [0.717, 1.165) is 28.9 Å². The van der Waals surface area contributed by atoms with E-state index in [1.54, 1.807) is 45.0 Å². The summed E-state index contributed by atoms with van der Waals surface area (Å²) in [6.45, 7) is 6.28. The smallest absolute Gasteiger partial charge is 0.412 e. The molecule has 3 rings (SSSR count). The molecule has 0 bridgehead atoms. The van der Waals surface area contributed by atoms with Gasteiger partial charge in [0.25, 0.3) is 0 Å². The third-order valence-corrected chi connectivity index (χ3v) is 8.10. The molecule has 0 saturated heterocycles. The lowest BCUT2D eigenvalue weighted by atomic mass is 10.1. The maximum Gasteiger partial charge on any atom is 0.412 e. The number of carbonyl (C=O) groups is 2. The topological polar surface area (TPSA) is 114 Å². The Morgan fingerprint density at radius 2 is 1.43 bits per heavy atom. The molecule has 0 atom stereocenters. The molecule has 0 saturated carbocycles. The van der Waals surface area contributed by atoms with Crippen LogP contribution in [0.25, 0.3) is 11.1 Å². The van der Waals surface area contributed by atoms with E-state index >= 15 is 0 Å². The van der Waals surface area contributed by atoms with Crippen molar-refractivity contribution in [2.45, 2.75) is 55.4 Å². The number of unbranched alkanes of at least 4 members (excludes halogenated alkanes) is 2. The Hall–Kier alpha value is -3.34. The summed E-state index contributed by atoms with van der Waals surface area (Å²) >= 11 is 1.41. The molecule has 0 heterocycles. The highest BCUT2D eigenvalue weighted by Crippen LogP contribution is 2.22. The van der Waals surface area contributed by atoms with E-state index in [1.807, 2.05) is 54.6 Å². The number of sulfonamides is 1. The number of rotatable bonds is 13. The molecule has 3 aromatic carbocycles. The zero-order valence-corrected chi connectivity index (χ0v) is 24.7. The van der Waals surface area contributed by atoms with Gasteiger partial charge in [0.05, 0.1) is 10.6 Å². The van der Waals surface area contributed by atoms with Gasteiger partial charge >= 0.3 is 6.09 Å². The molecule has 2 amide bonds. The Balaban J connectivity index is 1.27. The lowest BCUT2D eigenvalue weighted by molar-refractivity contribution is -0.118. The van der Waals surface area contributed by atoms with E-state index in [-0.39, 0.29) is 16.6 Å². The zero-order chi connectivity index (χ0) is 29.0. The predicted octanol–water partition coefficient (Wildman–Crippen LogP) is 6.06. The first-order chi connectivity index (χ1) is 19.0. The number of amides is 2. The number of hydrogen-bond donors (Lipinski definition) is 3. The monoisotopic (exact) mass is 583 g/mol. The van der Waals surface area contributed by atoms with Gasteiger partial charge in [-0.1, -0.05) is 48.9 Å². The SMILES string of the molecule is CC(C)(C)OC(=O)Nc1ccc(SCC(=O)NCCCCCNS(=O)(=O)c2ccc(-c3ccccc3)cc2)cc1. The minimum atomic E-state index is -3.56. The fraction of sp³-hybridized carbons (Fsp3) is 0.333. The van der Waals surface area contributed by atoms with E-state index in [9.17, 15) is 18.0 Å². The second kappa shape index (κ2) is 14.9. The van der Waals surface area contributed by atoms with Crippen molar-refractivity contribution in [2.24, 2.45) is 0 Å². The predicted molar refractivity (Wildman–Crippen MR) is 161 cm³/mol. The van der Waals surface area contributed by atoms with Crippen molar-refractivity contribution in [1.29, 1.82) is 0 Å². The highest BCUT2D eigenvalue weighted by Gasteiger charge is 2.16. The summed E-state index contributed by atoms with van der Waals surface area (Å²) in [7, 11) is -3.56. The molecule has 0 aromatic heterocycles. The molecular weight excluding hydrogens is 546 g/mol. The summed E-state index contributed by atoms with van der Waals surface area (Å²) in [5.74, 6) is 0.211. The number of nitrogens with one attached hydrogen (secondary N) is 3. The van der Waals surface area contributed by atoms with Gasteiger partial charge in [0.1, 0.15) is 5.60 Å². The summed E-state index contributed by atoms with van der Waals surface area (Å²) < 4.78 is 33.0. The van der Waals surface area contributed by atoms with Gasteiger partial charge in [-0.15, -0.1) is 11.8 Å². The Bertz CT molecular complexity index is 1340. The Kier molecular flexibility index (Phi) is 11.6. The summed E-state index contributed by atoms with van der Waals surface area (Å²) in [5.41, 5.74) is 2.05. The van der Waals surface area contributed by atoms with Crippen molar-refractivity contribution in [3.8, 4) is 11.1 Å². The highest BCUT2D eigenvalue weighted by molar-refractivity contribution is 8.00. The average Bonchev–Trinajstić information content (AvgIpc) is 2.91. The van der Waals surface area contributed by atoms with Crippen LogP contribution in [0, 0.1) is 0 Å². The quantitative estimate of drug-likeness (QED) is 0.167. The van der Waals surface area contributed by atoms with Crippen LogP contribution >= 0.6 is 11.8 Å². The maximum absolute atomic E-state index is 12.6. The van der Waals surface area contributed by atoms with Crippen LogP contribution in [0.1, 0.15) is 40.0 Å². The molecule has 10 heteroatoms. The van der Waals surface area contributed by atoms with E-state index in [1.165, 1.54) is 11.8 Å². The van der Waals surface area contributed by atoms with Crippen LogP contribution in [0.4, 0.5) is 10.5 Å². The van der Waals surface area contributed by atoms with Crippen molar-refractivity contribution in [1.82, 2.24) is 10.0 Å². The number of ether oxygens (including phenoxy) is 1. The van der Waals surface area contributed by atoms with Gasteiger partial charge in [0.15, 0.2) is 0 Å². The van der Waals surface area contributed by atoms with E-state index in [4.69, 9.17) is 4.74 Å². The van der Waals surface area contributed by atoms with Crippen molar-refractivity contribution < 1.29 is 22.7 Å². The van der Waals surface area contributed by atoms with Crippen LogP contribution in [0.15, 0.2) is 88.7 Å². The number of thioether (sulfide) groups is 1. The first kappa shape index (κ1) is 31.2. The molecule has 8 nitrogen and oxygen atoms in total. The van der Waals surface area contributed by atoms with Crippen LogP contribution < -0.4 is 15.4 Å². The third-order valence-electron chi connectivity index (χ3n) is 5.61. The lowest BCUT2D eigenvalue weighted by Gasteiger charge is -2.19. The van der Waals surface area contributed by atoms with Crippen LogP contribution in [-0.4, -0.2) is 44.9 Å². The van der Waals surface area contributed by atoms with Gasteiger partial charge in [0.2, 0.25) is 15.9 Å². The van der Waals surface area contributed by atoms with Crippen molar-refractivity contribution in [3.05, 3.63) is 78.9 Å². The van der Waals surface area contributed by atoms with Crippen LogP contribution in [0.3, 0.4) is 0 Å². The van der Waals surface area contributed by atoms with Crippen LogP contribution in [0.5, 0.6) is 0 Å². The highest BCUT2D eigenvalue weighted by atomic mass is 32.2. The molecule has 0 aliphatic rings.